The Morgan fingerprint density at radius 1 is 1.36 bits per heavy atom. The van der Waals surface area contributed by atoms with E-state index in [1.54, 1.807) is 20.2 Å². The second-order valence-electron chi connectivity index (χ2n) is 5.96. The van der Waals surface area contributed by atoms with Gasteiger partial charge in [0.15, 0.2) is 0 Å². The standard InChI is InChI=1S/C15H21ClN2O3S/c1-11-5-4-8-18(10-11)22(20,21)14-9-12(6-7-13(14)16)15(19)17(2)3/h6-7,9,11H,4-5,8,10H2,1-3H3. The van der Waals surface area contributed by atoms with Crippen LogP contribution in [0.2, 0.25) is 5.02 Å². The first-order chi connectivity index (χ1) is 10.2. The molecule has 22 heavy (non-hydrogen) atoms. The number of halogens is 1. The molecule has 1 aromatic rings. The Morgan fingerprint density at radius 2 is 2.05 bits per heavy atom. The van der Waals surface area contributed by atoms with Gasteiger partial charge in [-0.2, -0.15) is 4.31 Å². The van der Waals surface area contributed by atoms with Crippen molar-refractivity contribution < 1.29 is 13.2 Å². The SMILES string of the molecule is CC1CCCN(S(=O)(=O)c2cc(C(=O)N(C)C)ccc2Cl)C1. The van der Waals surface area contributed by atoms with Crippen LogP contribution in [0.3, 0.4) is 0 Å². The summed E-state index contributed by atoms with van der Waals surface area (Å²) in [6.45, 7) is 3.02. The molecule has 1 fully saturated rings. The Balaban J connectivity index is 2.42. The van der Waals surface area contributed by atoms with Crippen LogP contribution in [-0.4, -0.2) is 50.7 Å². The zero-order valence-electron chi connectivity index (χ0n) is 13.0. The summed E-state index contributed by atoms with van der Waals surface area (Å²) in [5.41, 5.74) is 0.318. The van der Waals surface area contributed by atoms with Crippen molar-refractivity contribution in [1.82, 2.24) is 9.21 Å². The molecule has 1 saturated heterocycles. The molecule has 1 aliphatic rings. The minimum Gasteiger partial charge on any atom is -0.345 e. The summed E-state index contributed by atoms with van der Waals surface area (Å²) in [7, 11) is -0.432. The lowest BCUT2D eigenvalue weighted by Gasteiger charge is -2.30. The summed E-state index contributed by atoms with van der Waals surface area (Å²) < 4.78 is 27.1. The molecule has 0 saturated carbocycles. The van der Waals surface area contributed by atoms with Gasteiger partial charge in [0.2, 0.25) is 10.0 Å². The maximum atomic E-state index is 12.8. The van der Waals surface area contributed by atoms with Crippen molar-refractivity contribution in [2.24, 2.45) is 5.92 Å². The molecule has 0 spiro atoms. The highest BCUT2D eigenvalue weighted by Crippen LogP contribution is 2.29. The van der Waals surface area contributed by atoms with Crippen LogP contribution >= 0.6 is 11.6 Å². The molecule has 1 unspecified atom stereocenters. The van der Waals surface area contributed by atoms with Gasteiger partial charge in [-0.3, -0.25) is 4.79 Å². The van der Waals surface area contributed by atoms with Crippen LogP contribution in [-0.2, 0) is 10.0 Å². The number of sulfonamides is 1. The topological polar surface area (TPSA) is 57.7 Å². The van der Waals surface area contributed by atoms with Crippen LogP contribution in [0.15, 0.2) is 23.1 Å². The fourth-order valence-corrected chi connectivity index (χ4v) is 4.69. The molecule has 1 amide bonds. The van der Waals surface area contributed by atoms with E-state index >= 15 is 0 Å². The van der Waals surface area contributed by atoms with Crippen molar-refractivity contribution in [3.63, 3.8) is 0 Å². The minimum atomic E-state index is -3.68. The normalized spacial score (nSPS) is 19.9. The summed E-state index contributed by atoms with van der Waals surface area (Å²) in [6.07, 6.45) is 1.87. The zero-order valence-corrected chi connectivity index (χ0v) is 14.6. The van der Waals surface area contributed by atoms with Crippen LogP contribution in [0.5, 0.6) is 0 Å². The summed E-state index contributed by atoms with van der Waals surface area (Å²) in [6, 6.07) is 4.39. The fourth-order valence-electron chi connectivity index (χ4n) is 2.60. The Morgan fingerprint density at radius 3 is 2.64 bits per heavy atom. The molecule has 2 rings (SSSR count). The quantitative estimate of drug-likeness (QED) is 0.846. The van der Waals surface area contributed by atoms with E-state index in [1.807, 2.05) is 6.92 Å². The van der Waals surface area contributed by atoms with Crippen molar-refractivity contribution >= 4 is 27.5 Å². The Bertz CT molecular complexity index is 673. The molecular weight excluding hydrogens is 324 g/mol. The number of benzene rings is 1. The monoisotopic (exact) mass is 344 g/mol. The van der Waals surface area contributed by atoms with Gasteiger partial charge >= 0.3 is 0 Å². The number of nitrogens with zero attached hydrogens (tertiary/aromatic N) is 2. The Labute approximate surface area is 136 Å². The lowest BCUT2D eigenvalue weighted by atomic mass is 10.0. The van der Waals surface area contributed by atoms with E-state index in [0.717, 1.165) is 12.8 Å². The highest BCUT2D eigenvalue weighted by atomic mass is 35.5. The van der Waals surface area contributed by atoms with E-state index in [2.05, 4.69) is 0 Å². The molecule has 1 aliphatic heterocycles. The van der Waals surface area contributed by atoms with Gasteiger partial charge < -0.3 is 4.90 Å². The second kappa shape index (κ2) is 6.56. The molecular formula is C15H21ClN2O3S. The van der Waals surface area contributed by atoms with Crippen molar-refractivity contribution in [3.8, 4) is 0 Å². The minimum absolute atomic E-state index is 0.0102. The molecule has 1 heterocycles. The Hall–Kier alpha value is -1.11. The third-order valence-corrected chi connectivity index (χ3v) is 6.17. The zero-order chi connectivity index (χ0) is 16.5. The number of hydrogen-bond acceptors (Lipinski definition) is 3. The van der Waals surface area contributed by atoms with Crippen molar-refractivity contribution in [2.45, 2.75) is 24.7 Å². The number of amides is 1. The maximum Gasteiger partial charge on any atom is 0.253 e. The van der Waals surface area contributed by atoms with E-state index in [-0.39, 0.29) is 15.8 Å². The fraction of sp³-hybridized carbons (Fsp3) is 0.533. The van der Waals surface area contributed by atoms with Gasteiger partial charge in [-0.1, -0.05) is 18.5 Å². The van der Waals surface area contributed by atoms with Crippen molar-refractivity contribution in [2.75, 3.05) is 27.2 Å². The first-order valence-electron chi connectivity index (χ1n) is 7.25. The largest absolute Gasteiger partial charge is 0.345 e. The first-order valence-corrected chi connectivity index (χ1v) is 9.06. The lowest BCUT2D eigenvalue weighted by molar-refractivity contribution is 0.0827. The summed E-state index contributed by atoms with van der Waals surface area (Å²) in [5.74, 6) is 0.0778. The van der Waals surface area contributed by atoms with Gasteiger partial charge in [0.25, 0.3) is 5.91 Å². The van der Waals surface area contributed by atoms with Gasteiger partial charge in [0.1, 0.15) is 4.90 Å². The molecule has 0 bridgehead atoms. The second-order valence-corrected chi connectivity index (χ2v) is 8.27. The highest BCUT2D eigenvalue weighted by Gasteiger charge is 2.31. The molecule has 0 aromatic heterocycles. The molecule has 0 N–H and O–H groups in total. The summed E-state index contributed by atoms with van der Waals surface area (Å²) in [4.78, 5) is 13.5. The summed E-state index contributed by atoms with van der Waals surface area (Å²) >= 11 is 6.09. The van der Waals surface area contributed by atoms with E-state index in [9.17, 15) is 13.2 Å². The van der Waals surface area contributed by atoms with Crippen LogP contribution in [0, 0.1) is 5.92 Å². The molecule has 122 valence electrons. The van der Waals surface area contributed by atoms with Gasteiger partial charge in [-0.15, -0.1) is 0 Å². The van der Waals surface area contributed by atoms with Crippen LogP contribution in [0.25, 0.3) is 0 Å². The average molecular weight is 345 g/mol. The lowest BCUT2D eigenvalue weighted by Crippen LogP contribution is -2.39. The van der Waals surface area contributed by atoms with Gasteiger partial charge in [-0.05, 0) is 37.0 Å². The third-order valence-electron chi connectivity index (χ3n) is 3.82. The third kappa shape index (κ3) is 3.45. The molecule has 1 aromatic carbocycles. The van der Waals surface area contributed by atoms with Gasteiger partial charge in [-0.25, -0.2) is 8.42 Å². The van der Waals surface area contributed by atoms with E-state index in [0.29, 0.717) is 24.6 Å². The predicted molar refractivity (Wildman–Crippen MR) is 86.6 cm³/mol. The number of rotatable bonds is 3. The molecule has 0 radical (unpaired) electrons. The van der Waals surface area contributed by atoms with E-state index in [1.165, 1.54) is 21.3 Å². The molecule has 5 nitrogen and oxygen atoms in total. The molecule has 0 aliphatic carbocycles. The highest BCUT2D eigenvalue weighted by molar-refractivity contribution is 7.89. The predicted octanol–water partition coefficient (Wildman–Crippen LogP) is 2.46. The number of carbonyl (C=O) groups is 1. The van der Waals surface area contributed by atoms with Crippen LogP contribution in [0.4, 0.5) is 0 Å². The molecule has 7 heteroatoms. The smallest absolute Gasteiger partial charge is 0.253 e. The maximum absolute atomic E-state index is 12.8. The van der Waals surface area contributed by atoms with Crippen molar-refractivity contribution in [1.29, 1.82) is 0 Å². The van der Waals surface area contributed by atoms with Crippen molar-refractivity contribution in [3.05, 3.63) is 28.8 Å². The number of hydrogen-bond donors (Lipinski definition) is 0. The first kappa shape index (κ1) is 17.2. The van der Waals surface area contributed by atoms with E-state index < -0.39 is 10.0 Å². The van der Waals surface area contributed by atoms with Crippen LogP contribution < -0.4 is 0 Å². The Kier molecular flexibility index (Phi) is 5.14. The molecule has 1 atom stereocenters. The van der Waals surface area contributed by atoms with Crippen LogP contribution in [0.1, 0.15) is 30.1 Å². The number of carbonyl (C=O) groups excluding carboxylic acids is 1. The summed E-state index contributed by atoms with van der Waals surface area (Å²) in [5, 5.41) is 0.147. The van der Waals surface area contributed by atoms with Gasteiger partial charge in [0, 0.05) is 32.7 Å². The van der Waals surface area contributed by atoms with Gasteiger partial charge in [0.05, 0.1) is 5.02 Å². The number of piperidine rings is 1. The van der Waals surface area contributed by atoms with E-state index in [4.69, 9.17) is 11.6 Å². The average Bonchev–Trinajstić information content (AvgIpc) is 2.46.